The predicted molar refractivity (Wildman–Crippen MR) is 66.9 cm³/mol. The van der Waals surface area contributed by atoms with Gasteiger partial charge >= 0.3 is 0 Å². The van der Waals surface area contributed by atoms with Crippen molar-refractivity contribution in [2.45, 2.75) is 12.2 Å². The van der Waals surface area contributed by atoms with E-state index < -0.39 is 12.2 Å². The van der Waals surface area contributed by atoms with E-state index in [9.17, 15) is 10.2 Å². The first-order valence-electron chi connectivity index (χ1n) is 6.04. The summed E-state index contributed by atoms with van der Waals surface area (Å²) in [5.74, 6) is 1.59. The van der Waals surface area contributed by atoms with Crippen LogP contribution in [-0.2, 0) is 0 Å². The molecule has 5 nitrogen and oxygen atoms in total. The molecule has 100 valence electrons. The van der Waals surface area contributed by atoms with Crippen molar-refractivity contribution in [1.29, 1.82) is 0 Å². The summed E-state index contributed by atoms with van der Waals surface area (Å²) in [5.41, 5.74) is 0. The molecule has 5 heteroatoms. The van der Waals surface area contributed by atoms with Gasteiger partial charge in [0.05, 0.1) is 19.3 Å². The lowest BCUT2D eigenvalue weighted by atomic mass is 10.3. The Kier molecular flexibility index (Phi) is 4.41. The quantitative estimate of drug-likeness (QED) is 0.780. The monoisotopic (exact) mass is 253 g/mol. The molecule has 1 aromatic rings. The first-order chi connectivity index (χ1) is 8.69. The lowest BCUT2D eigenvalue weighted by Gasteiger charge is -2.15. The Morgan fingerprint density at radius 1 is 1.11 bits per heavy atom. The topological polar surface area (TPSA) is 62.2 Å². The molecule has 0 aliphatic carbocycles. The van der Waals surface area contributed by atoms with E-state index in [1.54, 1.807) is 7.11 Å². The average Bonchev–Trinajstić information content (AvgIpc) is 2.69. The highest BCUT2D eigenvalue weighted by Gasteiger charge is 2.28. The van der Waals surface area contributed by atoms with E-state index in [1.807, 2.05) is 29.2 Å². The van der Waals surface area contributed by atoms with E-state index in [4.69, 9.17) is 9.47 Å². The summed E-state index contributed by atoms with van der Waals surface area (Å²) in [5, 5.41) is 18.8. The molecular formula is C13H19NO4. The highest BCUT2D eigenvalue weighted by molar-refractivity contribution is 5.31. The van der Waals surface area contributed by atoms with Gasteiger partial charge in [0.1, 0.15) is 18.1 Å². The molecule has 0 amide bonds. The van der Waals surface area contributed by atoms with Crippen LogP contribution in [0, 0.1) is 0 Å². The highest BCUT2D eigenvalue weighted by Crippen LogP contribution is 2.17. The van der Waals surface area contributed by atoms with Gasteiger partial charge in [-0.1, -0.05) is 0 Å². The first kappa shape index (κ1) is 13.1. The minimum atomic E-state index is -0.633. The summed E-state index contributed by atoms with van der Waals surface area (Å²) >= 11 is 0. The average molecular weight is 253 g/mol. The zero-order chi connectivity index (χ0) is 13.0. The molecule has 1 aromatic carbocycles. The zero-order valence-electron chi connectivity index (χ0n) is 10.5. The van der Waals surface area contributed by atoms with E-state index >= 15 is 0 Å². The van der Waals surface area contributed by atoms with Crippen molar-refractivity contribution in [2.75, 3.05) is 33.4 Å². The number of benzene rings is 1. The van der Waals surface area contributed by atoms with Gasteiger partial charge in [-0.25, -0.2) is 0 Å². The van der Waals surface area contributed by atoms with Gasteiger partial charge in [-0.05, 0) is 24.3 Å². The minimum absolute atomic E-state index is 0.507. The van der Waals surface area contributed by atoms with Gasteiger partial charge in [-0.15, -0.1) is 0 Å². The van der Waals surface area contributed by atoms with E-state index in [0.717, 1.165) is 11.5 Å². The lowest BCUT2D eigenvalue weighted by molar-refractivity contribution is 0.0572. The number of hydrogen-bond acceptors (Lipinski definition) is 5. The van der Waals surface area contributed by atoms with Crippen molar-refractivity contribution in [1.82, 2.24) is 4.90 Å². The molecule has 1 fully saturated rings. The number of nitrogens with zero attached hydrogens (tertiary/aromatic N) is 1. The van der Waals surface area contributed by atoms with Crippen LogP contribution in [0.3, 0.4) is 0 Å². The number of methoxy groups -OCH3 is 1. The Morgan fingerprint density at radius 3 is 2.22 bits per heavy atom. The van der Waals surface area contributed by atoms with Gasteiger partial charge in [0.25, 0.3) is 0 Å². The minimum Gasteiger partial charge on any atom is -0.497 e. The molecule has 0 bridgehead atoms. The molecule has 2 atom stereocenters. The van der Waals surface area contributed by atoms with Crippen molar-refractivity contribution in [3.05, 3.63) is 24.3 Å². The molecule has 1 saturated heterocycles. The summed E-state index contributed by atoms with van der Waals surface area (Å²) in [6, 6.07) is 7.40. The molecule has 0 saturated carbocycles. The smallest absolute Gasteiger partial charge is 0.119 e. The van der Waals surface area contributed by atoms with E-state index in [0.29, 0.717) is 26.2 Å². The fourth-order valence-corrected chi connectivity index (χ4v) is 1.99. The summed E-state index contributed by atoms with van der Waals surface area (Å²) in [4.78, 5) is 1.98. The second-order valence-electron chi connectivity index (χ2n) is 4.42. The molecular weight excluding hydrogens is 234 g/mol. The van der Waals surface area contributed by atoms with Crippen LogP contribution in [0.4, 0.5) is 0 Å². The molecule has 18 heavy (non-hydrogen) atoms. The van der Waals surface area contributed by atoms with Crippen molar-refractivity contribution >= 4 is 0 Å². The summed E-state index contributed by atoms with van der Waals surface area (Å²) in [6.07, 6.45) is -1.27. The van der Waals surface area contributed by atoms with Gasteiger partial charge in [0.15, 0.2) is 0 Å². The summed E-state index contributed by atoms with van der Waals surface area (Å²) in [7, 11) is 1.62. The number of β-amino-alcohol motifs (C(OH)–C–C–N with tert-alkyl or cyclic N) is 2. The Bertz CT molecular complexity index is 358. The van der Waals surface area contributed by atoms with Gasteiger partial charge in [-0.2, -0.15) is 0 Å². The maximum absolute atomic E-state index is 9.40. The van der Waals surface area contributed by atoms with Crippen molar-refractivity contribution in [3.8, 4) is 11.5 Å². The van der Waals surface area contributed by atoms with E-state index in [1.165, 1.54) is 0 Å². The summed E-state index contributed by atoms with van der Waals surface area (Å²) < 4.78 is 10.6. The number of rotatable bonds is 5. The van der Waals surface area contributed by atoms with Gasteiger partial charge in [0, 0.05) is 19.6 Å². The van der Waals surface area contributed by atoms with E-state index in [2.05, 4.69) is 0 Å². The normalized spacial score (nSPS) is 24.2. The molecule has 0 radical (unpaired) electrons. The fraction of sp³-hybridized carbons (Fsp3) is 0.538. The largest absolute Gasteiger partial charge is 0.497 e. The second kappa shape index (κ2) is 6.04. The second-order valence-corrected chi connectivity index (χ2v) is 4.42. The molecule has 2 N–H and O–H groups in total. The standard InChI is InChI=1S/C13H19NO4/c1-17-10-2-4-11(5-3-10)18-7-6-14-8-12(15)13(16)9-14/h2-5,12-13,15-16H,6-9H2,1H3/t12-,13+. The third-order valence-corrected chi connectivity index (χ3v) is 3.07. The number of likely N-dealkylation sites (tertiary alicyclic amines) is 1. The Labute approximate surface area is 107 Å². The van der Waals surface area contributed by atoms with Gasteiger partial charge in [0.2, 0.25) is 0 Å². The van der Waals surface area contributed by atoms with Crippen LogP contribution in [0.2, 0.25) is 0 Å². The fourth-order valence-electron chi connectivity index (χ4n) is 1.99. The SMILES string of the molecule is COc1ccc(OCCN2C[C@@H](O)[C@@H](O)C2)cc1. The third kappa shape index (κ3) is 3.35. The number of ether oxygens (including phenoxy) is 2. The zero-order valence-corrected chi connectivity index (χ0v) is 10.5. The molecule has 2 rings (SSSR count). The lowest BCUT2D eigenvalue weighted by Crippen LogP contribution is -2.27. The molecule has 1 heterocycles. The van der Waals surface area contributed by atoms with Crippen LogP contribution in [0.5, 0.6) is 11.5 Å². The van der Waals surface area contributed by atoms with Gasteiger partial charge < -0.3 is 19.7 Å². The number of aliphatic hydroxyl groups is 2. The van der Waals surface area contributed by atoms with Crippen molar-refractivity contribution in [3.63, 3.8) is 0 Å². The number of aliphatic hydroxyl groups excluding tert-OH is 2. The first-order valence-corrected chi connectivity index (χ1v) is 6.04. The van der Waals surface area contributed by atoms with Crippen LogP contribution in [0.25, 0.3) is 0 Å². The maximum atomic E-state index is 9.40. The number of hydrogen-bond donors (Lipinski definition) is 2. The molecule has 0 unspecified atom stereocenters. The predicted octanol–water partition coefficient (Wildman–Crippen LogP) is 0.111. The third-order valence-electron chi connectivity index (χ3n) is 3.07. The molecule has 1 aliphatic heterocycles. The Morgan fingerprint density at radius 2 is 1.67 bits per heavy atom. The van der Waals surface area contributed by atoms with Crippen molar-refractivity contribution in [2.24, 2.45) is 0 Å². The highest BCUT2D eigenvalue weighted by atomic mass is 16.5. The van der Waals surface area contributed by atoms with Crippen LogP contribution in [0.1, 0.15) is 0 Å². The molecule has 0 aromatic heterocycles. The van der Waals surface area contributed by atoms with Gasteiger partial charge in [-0.3, -0.25) is 4.90 Å². The Hall–Kier alpha value is -1.30. The molecule has 0 spiro atoms. The van der Waals surface area contributed by atoms with Crippen LogP contribution in [0.15, 0.2) is 24.3 Å². The van der Waals surface area contributed by atoms with Crippen LogP contribution < -0.4 is 9.47 Å². The van der Waals surface area contributed by atoms with E-state index in [-0.39, 0.29) is 0 Å². The van der Waals surface area contributed by atoms with Crippen molar-refractivity contribution < 1.29 is 19.7 Å². The van der Waals surface area contributed by atoms with Crippen LogP contribution in [-0.4, -0.2) is 60.7 Å². The maximum Gasteiger partial charge on any atom is 0.119 e. The molecule has 1 aliphatic rings. The summed E-state index contributed by atoms with van der Waals surface area (Å²) in [6.45, 7) is 2.24. The Balaban J connectivity index is 1.72. The van der Waals surface area contributed by atoms with Crippen LogP contribution >= 0.6 is 0 Å².